The second-order valence-electron chi connectivity index (χ2n) is 7.33. The van der Waals surface area contributed by atoms with Gasteiger partial charge in [0, 0.05) is 39.3 Å². The van der Waals surface area contributed by atoms with Crippen LogP contribution in [0.25, 0.3) is 5.65 Å². The lowest BCUT2D eigenvalue weighted by Gasteiger charge is -2.38. The number of amides is 2. The fourth-order valence-corrected chi connectivity index (χ4v) is 3.59. The van der Waals surface area contributed by atoms with Crippen LogP contribution in [0.1, 0.15) is 34.7 Å². The highest BCUT2D eigenvalue weighted by atomic mass is 16.2. The van der Waals surface area contributed by atoms with Crippen LogP contribution in [-0.2, 0) is 11.3 Å². The molecule has 29 heavy (non-hydrogen) atoms. The summed E-state index contributed by atoms with van der Waals surface area (Å²) in [5.74, 6) is 0.627. The maximum absolute atomic E-state index is 12.6. The summed E-state index contributed by atoms with van der Waals surface area (Å²) in [6.45, 7) is 4.06. The molecule has 0 aliphatic carbocycles. The van der Waals surface area contributed by atoms with Crippen molar-refractivity contribution in [1.29, 1.82) is 0 Å². The van der Waals surface area contributed by atoms with Gasteiger partial charge in [-0.15, -0.1) is 10.2 Å². The first-order chi connectivity index (χ1) is 14.0. The van der Waals surface area contributed by atoms with Crippen LogP contribution >= 0.6 is 0 Å². The van der Waals surface area contributed by atoms with E-state index in [9.17, 15) is 9.59 Å². The van der Waals surface area contributed by atoms with Crippen LogP contribution in [0.2, 0.25) is 0 Å². The standard InChI is InChI=1S/C21H24N6O2/c1-15(28)26-11-10-25(2)18(14-26)20-24-23-19-9-8-17(13-27(19)20)21(29)22-12-16-6-4-3-5-7-16/h3-9,13,18H,10-12,14H2,1-2H3,(H,22,29). The van der Waals surface area contributed by atoms with E-state index in [2.05, 4.69) is 20.4 Å². The summed E-state index contributed by atoms with van der Waals surface area (Å²) < 4.78 is 1.85. The summed E-state index contributed by atoms with van der Waals surface area (Å²) in [4.78, 5) is 28.5. The van der Waals surface area contributed by atoms with Gasteiger partial charge in [0.05, 0.1) is 11.6 Å². The number of rotatable bonds is 4. The minimum Gasteiger partial charge on any atom is -0.348 e. The molecule has 1 aliphatic heterocycles. The quantitative estimate of drug-likeness (QED) is 0.728. The number of pyridine rings is 1. The maximum atomic E-state index is 12.6. The predicted molar refractivity (Wildman–Crippen MR) is 108 cm³/mol. The van der Waals surface area contributed by atoms with Crippen LogP contribution in [0.5, 0.6) is 0 Å². The molecule has 150 valence electrons. The number of fused-ring (bicyclic) bond motifs is 1. The molecule has 1 aliphatic rings. The van der Waals surface area contributed by atoms with Gasteiger partial charge in [0.2, 0.25) is 5.91 Å². The second-order valence-corrected chi connectivity index (χ2v) is 7.33. The van der Waals surface area contributed by atoms with Crippen molar-refractivity contribution in [3.05, 3.63) is 65.6 Å². The van der Waals surface area contributed by atoms with E-state index in [0.29, 0.717) is 30.8 Å². The van der Waals surface area contributed by atoms with Gasteiger partial charge < -0.3 is 10.2 Å². The number of aromatic nitrogens is 3. The fraction of sp³-hybridized carbons (Fsp3) is 0.333. The van der Waals surface area contributed by atoms with Gasteiger partial charge in [-0.2, -0.15) is 0 Å². The van der Waals surface area contributed by atoms with E-state index in [-0.39, 0.29) is 17.9 Å². The van der Waals surface area contributed by atoms with Gasteiger partial charge in [-0.25, -0.2) is 0 Å². The zero-order chi connectivity index (χ0) is 20.4. The van der Waals surface area contributed by atoms with Crippen LogP contribution in [0.15, 0.2) is 48.7 Å². The van der Waals surface area contributed by atoms with Crippen molar-refractivity contribution in [3.8, 4) is 0 Å². The van der Waals surface area contributed by atoms with Crippen molar-refractivity contribution in [2.24, 2.45) is 0 Å². The maximum Gasteiger partial charge on any atom is 0.253 e. The molecule has 1 aromatic carbocycles. The van der Waals surface area contributed by atoms with Crippen LogP contribution in [0.3, 0.4) is 0 Å². The number of likely N-dealkylation sites (N-methyl/N-ethyl adjacent to an activating group) is 1. The Morgan fingerprint density at radius 3 is 2.66 bits per heavy atom. The van der Waals surface area contributed by atoms with Crippen LogP contribution in [0, 0.1) is 0 Å². The Morgan fingerprint density at radius 1 is 1.10 bits per heavy atom. The summed E-state index contributed by atoms with van der Waals surface area (Å²) in [6, 6.07) is 13.2. The highest BCUT2D eigenvalue weighted by Crippen LogP contribution is 2.23. The third-order valence-corrected chi connectivity index (χ3v) is 5.38. The molecule has 1 unspecified atom stereocenters. The molecule has 4 rings (SSSR count). The summed E-state index contributed by atoms with van der Waals surface area (Å²) in [7, 11) is 2.01. The molecule has 0 spiro atoms. The molecule has 0 radical (unpaired) electrons. The number of benzene rings is 1. The molecular weight excluding hydrogens is 368 g/mol. The number of hydrogen-bond acceptors (Lipinski definition) is 5. The highest BCUT2D eigenvalue weighted by Gasteiger charge is 2.30. The summed E-state index contributed by atoms with van der Waals surface area (Å²) in [5.41, 5.74) is 2.25. The molecule has 0 bridgehead atoms. The number of piperazine rings is 1. The van der Waals surface area contributed by atoms with Crippen molar-refractivity contribution < 1.29 is 9.59 Å². The molecule has 0 saturated carbocycles. The number of carbonyl (C=O) groups excluding carboxylic acids is 2. The number of hydrogen-bond donors (Lipinski definition) is 1. The van der Waals surface area contributed by atoms with Gasteiger partial charge >= 0.3 is 0 Å². The lowest BCUT2D eigenvalue weighted by atomic mass is 10.1. The third-order valence-electron chi connectivity index (χ3n) is 5.38. The van der Waals surface area contributed by atoms with Crippen LogP contribution in [-0.4, -0.2) is 62.9 Å². The zero-order valence-electron chi connectivity index (χ0n) is 16.6. The predicted octanol–water partition coefficient (Wildman–Crippen LogP) is 1.49. The first-order valence-corrected chi connectivity index (χ1v) is 9.65. The Bertz CT molecular complexity index is 1030. The van der Waals surface area contributed by atoms with Gasteiger partial charge in [-0.3, -0.25) is 18.9 Å². The molecule has 1 atom stereocenters. The number of nitrogens with zero attached hydrogens (tertiary/aromatic N) is 5. The third kappa shape index (κ3) is 3.97. The average molecular weight is 392 g/mol. The zero-order valence-corrected chi connectivity index (χ0v) is 16.6. The Hall–Kier alpha value is -3.26. The van der Waals surface area contributed by atoms with Crippen molar-refractivity contribution >= 4 is 17.5 Å². The van der Waals surface area contributed by atoms with E-state index in [4.69, 9.17) is 0 Å². The van der Waals surface area contributed by atoms with Gasteiger partial charge in [0.25, 0.3) is 5.91 Å². The van der Waals surface area contributed by atoms with Crippen molar-refractivity contribution in [3.63, 3.8) is 0 Å². The van der Waals surface area contributed by atoms with E-state index in [1.54, 1.807) is 25.3 Å². The SMILES string of the molecule is CC(=O)N1CCN(C)C(c2nnc3ccc(C(=O)NCc4ccccc4)cn23)C1. The smallest absolute Gasteiger partial charge is 0.253 e. The molecule has 8 heteroatoms. The van der Waals surface area contributed by atoms with Crippen LogP contribution in [0.4, 0.5) is 0 Å². The minimum atomic E-state index is -0.155. The molecule has 3 aromatic rings. The van der Waals surface area contributed by atoms with E-state index in [1.807, 2.05) is 46.7 Å². The topological polar surface area (TPSA) is 82.8 Å². The Labute approximate surface area is 169 Å². The highest BCUT2D eigenvalue weighted by molar-refractivity contribution is 5.94. The van der Waals surface area contributed by atoms with Gasteiger partial charge in [-0.05, 0) is 24.7 Å². The molecule has 8 nitrogen and oxygen atoms in total. The fourth-order valence-electron chi connectivity index (χ4n) is 3.59. The van der Waals surface area contributed by atoms with Crippen molar-refractivity contribution in [2.75, 3.05) is 26.7 Å². The summed E-state index contributed by atoms with van der Waals surface area (Å²) >= 11 is 0. The first kappa shape index (κ1) is 19.1. The molecular formula is C21H24N6O2. The van der Waals surface area contributed by atoms with Gasteiger partial charge in [0.1, 0.15) is 0 Å². The largest absolute Gasteiger partial charge is 0.348 e. The number of nitrogens with one attached hydrogen (secondary N) is 1. The molecule has 1 saturated heterocycles. The average Bonchev–Trinajstić information content (AvgIpc) is 3.16. The van der Waals surface area contributed by atoms with E-state index < -0.39 is 0 Å². The van der Waals surface area contributed by atoms with E-state index in [0.717, 1.165) is 17.9 Å². The van der Waals surface area contributed by atoms with Crippen LogP contribution < -0.4 is 5.32 Å². The normalized spacial score (nSPS) is 17.4. The van der Waals surface area contributed by atoms with E-state index in [1.165, 1.54) is 0 Å². The lowest BCUT2D eigenvalue weighted by molar-refractivity contribution is -0.131. The van der Waals surface area contributed by atoms with Crippen molar-refractivity contribution in [2.45, 2.75) is 19.5 Å². The molecule has 2 amide bonds. The first-order valence-electron chi connectivity index (χ1n) is 9.65. The Balaban J connectivity index is 1.57. The Morgan fingerprint density at radius 2 is 1.90 bits per heavy atom. The molecule has 1 N–H and O–H groups in total. The molecule has 2 aromatic heterocycles. The summed E-state index contributed by atoms with van der Waals surface area (Å²) in [5, 5.41) is 11.5. The molecule has 1 fully saturated rings. The van der Waals surface area contributed by atoms with Gasteiger partial charge in [-0.1, -0.05) is 30.3 Å². The lowest BCUT2D eigenvalue weighted by Crippen LogP contribution is -2.48. The van der Waals surface area contributed by atoms with E-state index >= 15 is 0 Å². The second kappa shape index (κ2) is 8.00. The van der Waals surface area contributed by atoms with Crippen molar-refractivity contribution in [1.82, 2.24) is 29.7 Å². The molecule has 3 heterocycles. The number of carbonyl (C=O) groups is 2. The summed E-state index contributed by atoms with van der Waals surface area (Å²) in [6.07, 6.45) is 1.77. The Kier molecular flexibility index (Phi) is 5.26. The monoisotopic (exact) mass is 392 g/mol. The van der Waals surface area contributed by atoms with Gasteiger partial charge in [0.15, 0.2) is 11.5 Å². The minimum absolute atomic E-state index is 0.0536.